The molecule has 0 saturated carbocycles. The van der Waals surface area contributed by atoms with E-state index >= 15 is 0 Å². The average molecular weight is 309 g/mol. The van der Waals surface area contributed by atoms with Crippen LogP contribution in [-0.4, -0.2) is 16.7 Å². The molecule has 2 aromatic rings. The van der Waals surface area contributed by atoms with Gasteiger partial charge in [-0.05, 0) is 23.6 Å². The number of hydrogen-bond acceptors (Lipinski definition) is 5. The third-order valence-electron chi connectivity index (χ3n) is 2.44. The Kier molecular flexibility index (Phi) is 4.24. The van der Waals surface area contributed by atoms with Crippen LogP contribution in [-0.2, 0) is 0 Å². The van der Waals surface area contributed by atoms with Crippen LogP contribution < -0.4 is 10.9 Å². The van der Waals surface area contributed by atoms with Crippen LogP contribution in [0.5, 0.6) is 0 Å². The fourth-order valence-corrected chi connectivity index (χ4v) is 2.07. The molecule has 108 valence electrons. The summed E-state index contributed by atoms with van der Waals surface area (Å²) in [7, 11) is 0. The Morgan fingerprint density at radius 2 is 1.90 bits per heavy atom. The Hall–Kier alpha value is -2.81. The highest BCUT2D eigenvalue weighted by Crippen LogP contribution is 2.18. The second-order valence-corrected chi connectivity index (χ2v) is 4.76. The van der Waals surface area contributed by atoms with Gasteiger partial charge in [-0.3, -0.25) is 30.6 Å². The molecule has 0 spiro atoms. The van der Waals surface area contributed by atoms with Gasteiger partial charge in [0.25, 0.3) is 11.8 Å². The highest BCUT2D eigenvalue weighted by atomic mass is 32.1. The SMILES string of the molecule is O=C(NNC(=O)c1cccs1)c1ccc(F)c([N+](=O)[O-])c1. The monoisotopic (exact) mass is 309 g/mol. The second-order valence-electron chi connectivity index (χ2n) is 3.81. The first-order valence-corrected chi connectivity index (χ1v) is 6.45. The lowest BCUT2D eigenvalue weighted by molar-refractivity contribution is -0.387. The van der Waals surface area contributed by atoms with Gasteiger partial charge in [0.05, 0.1) is 9.80 Å². The number of nitrogens with zero attached hydrogens (tertiary/aromatic N) is 1. The number of rotatable bonds is 3. The van der Waals surface area contributed by atoms with E-state index in [0.29, 0.717) is 4.88 Å². The van der Waals surface area contributed by atoms with Crippen LogP contribution in [0.4, 0.5) is 10.1 Å². The van der Waals surface area contributed by atoms with E-state index in [2.05, 4.69) is 10.9 Å². The Morgan fingerprint density at radius 1 is 1.19 bits per heavy atom. The Labute approximate surface area is 121 Å². The molecule has 1 aromatic heterocycles. The first-order chi connectivity index (χ1) is 9.99. The molecule has 7 nitrogen and oxygen atoms in total. The van der Waals surface area contributed by atoms with E-state index in [1.807, 2.05) is 0 Å². The van der Waals surface area contributed by atoms with Crippen LogP contribution in [0.1, 0.15) is 20.0 Å². The van der Waals surface area contributed by atoms with Crippen LogP contribution in [0.3, 0.4) is 0 Å². The van der Waals surface area contributed by atoms with Gasteiger partial charge in [-0.2, -0.15) is 4.39 Å². The number of halogens is 1. The standard InChI is InChI=1S/C12H8FN3O4S/c13-8-4-3-7(6-9(8)16(19)20)11(17)14-15-12(18)10-2-1-5-21-10/h1-6H,(H,14,17)(H,15,18). The number of nitro benzene ring substituents is 1. The molecular weight excluding hydrogens is 301 g/mol. The van der Waals surface area contributed by atoms with E-state index in [1.165, 1.54) is 11.3 Å². The van der Waals surface area contributed by atoms with Crippen molar-refractivity contribution in [2.45, 2.75) is 0 Å². The second kappa shape index (κ2) is 6.09. The summed E-state index contributed by atoms with van der Waals surface area (Å²) in [6.07, 6.45) is 0. The molecule has 2 rings (SSSR count). The lowest BCUT2D eigenvalue weighted by Gasteiger charge is -2.06. The number of benzene rings is 1. The number of carbonyl (C=O) groups is 2. The van der Waals surface area contributed by atoms with Crippen LogP contribution >= 0.6 is 11.3 Å². The highest BCUT2D eigenvalue weighted by Gasteiger charge is 2.18. The van der Waals surface area contributed by atoms with Gasteiger partial charge in [0.15, 0.2) is 0 Å². The van der Waals surface area contributed by atoms with Crippen molar-refractivity contribution in [2.24, 2.45) is 0 Å². The average Bonchev–Trinajstić information content (AvgIpc) is 2.98. The molecule has 0 aliphatic carbocycles. The van der Waals surface area contributed by atoms with E-state index in [1.54, 1.807) is 17.5 Å². The molecule has 9 heteroatoms. The molecule has 0 aliphatic heterocycles. The van der Waals surface area contributed by atoms with Crippen LogP contribution in [0.15, 0.2) is 35.7 Å². The molecular formula is C12H8FN3O4S. The van der Waals surface area contributed by atoms with E-state index in [4.69, 9.17) is 0 Å². The normalized spacial score (nSPS) is 9.95. The third-order valence-corrected chi connectivity index (χ3v) is 3.31. The number of amides is 2. The van der Waals surface area contributed by atoms with E-state index < -0.39 is 28.2 Å². The summed E-state index contributed by atoms with van der Waals surface area (Å²) in [5.41, 5.74) is 3.29. The summed E-state index contributed by atoms with van der Waals surface area (Å²) in [4.78, 5) is 33.4. The molecule has 2 amide bonds. The molecule has 0 unspecified atom stereocenters. The largest absolute Gasteiger partial charge is 0.305 e. The van der Waals surface area contributed by atoms with Crippen LogP contribution in [0, 0.1) is 15.9 Å². The third kappa shape index (κ3) is 3.39. The Bertz CT molecular complexity index is 703. The number of hydrogen-bond donors (Lipinski definition) is 2. The number of hydrazine groups is 1. The summed E-state index contributed by atoms with van der Waals surface area (Å²) in [6, 6.07) is 5.92. The molecule has 21 heavy (non-hydrogen) atoms. The van der Waals surface area contributed by atoms with Crippen LogP contribution in [0.25, 0.3) is 0 Å². The molecule has 0 radical (unpaired) electrons. The zero-order chi connectivity index (χ0) is 15.4. The summed E-state index contributed by atoms with van der Waals surface area (Å²) < 4.78 is 13.1. The van der Waals surface area contributed by atoms with Crippen molar-refractivity contribution < 1.29 is 18.9 Å². The molecule has 0 bridgehead atoms. The predicted octanol–water partition coefficient (Wildman–Crippen LogP) is 1.87. The lowest BCUT2D eigenvalue weighted by atomic mass is 10.2. The van der Waals surface area contributed by atoms with E-state index in [9.17, 15) is 24.1 Å². The van der Waals surface area contributed by atoms with Gasteiger partial charge in [0.1, 0.15) is 0 Å². The minimum atomic E-state index is -1.04. The molecule has 0 atom stereocenters. The maximum absolute atomic E-state index is 13.1. The van der Waals surface area contributed by atoms with Crippen molar-refractivity contribution >= 4 is 28.8 Å². The zero-order valence-electron chi connectivity index (χ0n) is 10.3. The lowest BCUT2D eigenvalue weighted by Crippen LogP contribution is -2.41. The van der Waals surface area contributed by atoms with Crippen molar-refractivity contribution in [3.8, 4) is 0 Å². The Balaban J connectivity index is 2.05. The number of nitrogens with one attached hydrogen (secondary N) is 2. The van der Waals surface area contributed by atoms with Crippen molar-refractivity contribution in [1.82, 2.24) is 10.9 Å². The topological polar surface area (TPSA) is 101 Å². The quantitative estimate of drug-likeness (QED) is 0.667. The van der Waals surface area contributed by atoms with Gasteiger partial charge in [-0.25, -0.2) is 0 Å². The fraction of sp³-hybridized carbons (Fsp3) is 0. The minimum Gasteiger partial charge on any atom is -0.267 e. The van der Waals surface area contributed by atoms with Gasteiger partial charge < -0.3 is 0 Å². The number of carbonyl (C=O) groups excluding carboxylic acids is 2. The highest BCUT2D eigenvalue weighted by molar-refractivity contribution is 7.12. The smallest absolute Gasteiger partial charge is 0.267 e. The first-order valence-electron chi connectivity index (χ1n) is 5.57. The molecule has 0 fully saturated rings. The van der Waals surface area contributed by atoms with Gasteiger partial charge in [0.2, 0.25) is 5.82 Å². The zero-order valence-corrected chi connectivity index (χ0v) is 11.1. The first kappa shape index (κ1) is 14.6. The maximum atomic E-state index is 13.1. The number of nitro groups is 1. The Morgan fingerprint density at radius 3 is 2.52 bits per heavy atom. The molecule has 0 aliphatic rings. The van der Waals surface area contributed by atoms with Crippen molar-refractivity contribution in [3.63, 3.8) is 0 Å². The van der Waals surface area contributed by atoms with E-state index in [0.717, 1.165) is 18.2 Å². The van der Waals surface area contributed by atoms with Crippen molar-refractivity contribution in [3.05, 3.63) is 62.1 Å². The summed E-state index contributed by atoms with van der Waals surface area (Å²) in [5, 5.41) is 12.3. The molecule has 0 saturated heterocycles. The fourth-order valence-electron chi connectivity index (χ4n) is 1.45. The van der Waals surface area contributed by atoms with Gasteiger partial charge >= 0.3 is 5.69 Å². The summed E-state index contributed by atoms with van der Waals surface area (Å²) in [6.45, 7) is 0. The van der Waals surface area contributed by atoms with Gasteiger partial charge in [-0.15, -0.1) is 11.3 Å². The van der Waals surface area contributed by atoms with Gasteiger partial charge in [0, 0.05) is 11.6 Å². The number of thiophene rings is 1. The maximum Gasteiger partial charge on any atom is 0.305 e. The predicted molar refractivity (Wildman–Crippen MR) is 72.3 cm³/mol. The molecule has 1 aromatic carbocycles. The van der Waals surface area contributed by atoms with Gasteiger partial charge in [-0.1, -0.05) is 6.07 Å². The van der Waals surface area contributed by atoms with Crippen molar-refractivity contribution in [1.29, 1.82) is 0 Å². The summed E-state index contributed by atoms with van der Waals surface area (Å²) >= 11 is 1.18. The molecule has 1 heterocycles. The minimum absolute atomic E-state index is 0.144. The molecule has 2 N–H and O–H groups in total. The van der Waals surface area contributed by atoms with Crippen molar-refractivity contribution in [2.75, 3.05) is 0 Å². The van der Waals surface area contributed by atoms with Crippen LogP contribution in [0.2, 0.25) is 0 Å². The summed E-state index contributed by atoms with van der Waals surface area (Å²) in [5.74, 6) is -2.35. The van der Waals surface area contributed by atoms with E-state index in [-0.39, 0.29) is 5.56 Å².